The molecule has 3 heteroatoms. The first kappa shape index (κ1) is 7.53. The molecule has 0 amide bonds. The van der Waals surface area contributed by atoms with E-state index in [0.717, 1.165) is 32.7 Å². The Balaban J connectivity index is 1.88. The van der Waals surface area contributed by atoms with Crippen molar-refractivity contribution in [2.24, 2.45) is 5.41 Å². The van der Waals surface area contributed by atoms with E-state index in [2.05, 4.69) is 12.2 Å². The van der Waals surface area contributed by atoms with Crippen LogP contribution >= 0.6 is 0 Å². The van der Waals surface area contributed by atoms with Crippen LogP contribution in [0.3, 0.4) is 0 Å². The summed E-state index contributed by atoms with van der Waals surface area (Å²) < 4.78 is 5.12. The fourth-order valence-electron chi connectivity index (χ4n) is 1.89. The summed E-state index contributed by atoms with van der Waals surface area (Å²) in [7, 11) is 0. The summed E-state index contributed by atoms with van der Waals surface area (Å²) in [5.41, 5.74) is -0.185. The minimum atomic E-state index is -0.432. The Hall–Kier alpha value is -0.120. The van der Waals surface area contributed by atoms with Crippen LogP contribution in [0.4, 0.5) is 0 Å². The normalized spacial score (nSPS) is 32.2. The molecule has 2 fully saturated rings. The predicted octanol–water partition coefficient (Wildman–Crippen LogP) is -0.253. The molecule has 2 rings (SSSR count). The van der Waals surface area contributed by atoms with Crippen molar-refractivity contribution in [2.75, 3.05) is 26.3 Å². The van der Waals surface area contributed by atoms with Crippen LogP contribution < -0.4 is 5.32 Å². The molecule has 2 aliphatic rings. The third-order valence-corrected chi connectivity index (χ3v) is 2.56. The molecule has 0 aromatic heterocycles. The predicted molar refractivity (Wildman–Crippen MR) is 41.4 cm³/mol. The standard InChI is InChI=1S/C8H15NO2/c1-7(5-11-6-7)2-8(10)3-9-4-8/h9-10H,2-6H2,1H3. The number of β-amino-alcohol motifs (C(OH)–C–C–N with tert-alkyl or cyclic N) is 1. The maximum Gasteiger partial charge on any atom is 0.0902 e. The molecule has 0 spiro atoms. The summed E-state index contributed by atoms with van der Waals surface area (Å²) in [5.74, 6) is 0. The third kappa shape index (κ3) is 1.28. The summed E-state index contributed by atoms with van der Waals surface area (Å²) in [6, 6.07) is 0. The lowest BCUT2D eigenvalue weighted by Crippen LogP contribution is -2.63. The topological polar surface area (TPSA) is 41.5 Å². The molecule has 0 aromatic carbocycles. The van der Waals surface area contributed by atoms with Gasteiger partial charge in [-0.1, -0.05) is 6.92 Å². The van der Waals surface area contributed by atoms with Gasteiger partial charge in [0, 0.05) is 18.5 Å². The van der Waals surface area contributed by atoms with Gasteiger partial charge < -0.3 is 15.2 Å². The highest BCUT2D eigenvalue weighted by atomic mass is 16.5. The van der Waals surface area contributed by atoms with Crippen molar-refractivity contribution in [3.05, 3.63) is 0 Å². The molecule has 0 aliphatic carbocycles. The van der Waals surface area contributed by atoms with Crippen LogP contribution in [0.25, 0.3) is 0 Å². The number of hydrogen-bond donors (Lipinski definition) is 2. The summed E-state index contributed by atoms with van der Waals surface area (Å²) in [4.78, 5) is 0. The van der Waals surface area contributed by atoms with E-state index in [9.17, 15) is 5.11 Å². The van der Waals surface area contributed by atoms with Crippen molar-refractivity contribution in [1.82, 2.24) is 5.32 Å². The van der Waals surface area contributed by atoms with E-state index in [1.165, 1.54) is 0 Å². The molecule has 2 aliphatic heterocycles. The lowest BCUT2D eigenvalue weighted by atomic mass is 9.75. The molecule has 11 heavy (non-hydrogen) atoms. The summed E-state index contributed by atoms with van der Waals surface area (Å²) in [5, 5.41) is 12.9. The van der Waals surface area contributed by atoms with Gasteiger partial charge >= 0.3 is 0 Å². The van der Waals surface area contributed by atoms with Gasteiger partial charge in [-0.15, -0.1) is 0 Å². The van der Waals surface area contributed by atoms with Gasteiger partial charge in [-0.2, -0.15) is 0 Å². The van der Waals surface area contributed by atoms with Crippen LogP contribution in [0, 0.1) is 5.41 Å². The lowest BCUT2D eigenvalue weighted by Gasteiger charge is -2.47. The number of aliphatic hydroxyl groups is 1. The first-order valence-corrected chi connectivity index (χ1v) is 4.13. The van der Waals surface area contributed by atoms with Crippen LogP contribution in [-0.2, 0) is 4.74 Å². The molecule has 0 radical (unpaired) electrons. The smallest absolute Gasteiger partial charge is 0.0902 e. The van der Waals surface area contributed by atoms with E-state index in [1.54, 1.807) is 0 Å². The Morgan fingerprint density at radius 2 is 2.09 bits per heavy atom. The minimum absolute atomic E-state index is 0.247. The number of ether oxygens (including phenoxy) is 1. The zero-order chi connectivity index (χ0) is 7.95. The van der Waals surface area contributed by atoms with E-state index in [-0.39, 0.29) is 5.41 Å². The molecule has 64 valence electrons. The van der Waals surface area contributed by atoms with Crippen molar-refractivity contribution >= 4 is 0 Å². The highest BCUT2D eigenvalue weighted by molar-refractivity contribution is 4.99. The Morgan fingerprint density at radius 1 is 1.45 bits per heavy atom. The Labute approximate surface area is 66.7 Å². The maximum atomic E-state index is 9.79. The number of rotatable bonds is 2. The van der Waals surface area contributed by atoms with Gasteiger partial charge in [0.05, 0.1) is 18.8 Å². The SMILES string of the molecule is CC1(CC2(O)CNC2)COC1. The molecule has 2 heterocycles. The van der Waals surface area contributed by atoms with Crippen LogP contribution in [0.15, 0.2) is 0 Å². The van der Waals surface area contributed by atoms with Crippen molar-refractivity contribution in [2.45, 2.75) is 18.9 Å². The van der Waals surface area contributed by atoms with Gasteiger partial charge in [-0.25, -0.2) is 0 Å². The van der Waals surface area contributed by atoms with E-state index in [0.29, 0.717) is 0 Å². The molecule has 0 aromatic rings. The van der Waals surface area contributed by atoms with Gasteiger partial charge in [-0.05, 0) is 6.42 Å². The third-order valence-electron chi connectivity index (χ3n) is 2.56. The lowest BCUT2D eigenvalue weighted by molar-refractivity contribution is -0.151. The average Bonchev–Trinajstić information content (AvgIpc) is 1.81. The van der Waals surface area contributed by atoms with Crippen LogP contribution in [-0.4, -0.2) is 37.0 Å². The zero-order valence-electron chi connectivity index (χ0n) is 6.89. The van der Waals surface area contributed by atoms with E-state index in [4.69, 9.17) is 4.74 Å². The highest BCUT2D eigenvalue weighted by Gasteiger charge is 2.44. The molecule has 0 atom stereocenters. The van der Waals surface area contributed by atoms with Gasteiger partial charge in [0.2, 0.25) is 0 Å². The monoisotopic (exact) mass is 157 g/mol. The second kappa shape index (κ2) is 2.19. The number of nitrogens with one attached hydrogen (secondary N) is 1. The van der Waals surface area contributed by atoms with Crippen LogP contribution in [0.5, 0.6) is 0 Å². The van der Waals surface area contributed by atoms with E-state index in [1.807, 2.05) is 0 Å². The molecular formula is C8H15NO2. The summed E-state index contributed by atoms with van der Waals surface area (Å²) in [6.07, 6.45) is 0.882. The average molecular weight is 157 g/mol. The Kier molecular flexibility index (Phi) is 1.50. The second-order valence-corrected chi connectivity index (χ2v) is 4.31. The van der Waals surface area contributed by atoms with Crippen molar-refractivity contribution in [3.63, 3.8) is 0 Å². The molecule has 3 nitrogen and oxygen atoms in total. The highest BCUT2D eigenvalue weighted by Crippen LogP contribution is 2.36. The fourth-order valence-corrected chi connectivity index (χ4v) is 1.89. The molecule has 2 saturated heterocycles. The van der Waals surface area contributed by atoms with Crippen molar-refractivity contribution in [1.29, 1.82) is 0 Å². The molecule has 2 N–H and O–H groups in total. The molecule has 0 bridgehead atoms. The van der Waals surface area contributed by atoms with Gasteiger partial charge in [0.15, 0.2) is 0 Å². The van der Waals surface area contributed by atoms with Gasteiger partial charge in [-0.3, -0.25) is 0 Å². The Morgan fingerprint density at radius 3 is 2.36 bits per heavy atom. The van der Waals surface area contributed by atoms with Crippen LogP contribution in [0.1, 0.15) is 13.3 Å². The van der Waals surface area contributed by atoms with E-state index < -0.39 is 5.60 Å². The van der Waals surface area contributed by atoms with E-state index >= 15 is 0 Å². The Bertz CT molecular complexity index is 143. The largest absolute Gasteiger partial charge is 0.387 e. The minimum Gasteiger partial charge on any atom is -0.387 e. The first-order chi connectivity index (χ1) is 5.12. The number of hydrogen-bond acceptors (Lipinski definition) is 3. The second-order valence-electron chi connectivity index (χ2n) is 4.31. The summed E-state index contributed by atoms with van der Waals surface area (Å²) >= 11 is 0. The molecule has 0 saturated carbocycles. The van der Waals surface area contributed by atoms with Gasteiger partial charge in [0.25, 0.3) is 0 Å². The zero-order valence-corrected chi connectivity index (χ0v) is 6.89. The first-order valence-electron chi connectivity index (χ1n) is 4.13. The quantitative estimate of drug-likeness (QED) is 0.580. The van der Waals surface area contributed by atoms with Crippen LogP contribution in [0.2, 0.25) is 0 Å². The fraction of sp³-hybridized carbons (Fsp3) is 1.00. The summed E-state index contributed by atoms with van der Waals surface area (Å²) in [6.45, 7) is 5.31. The molecular weight excluding hydrogens is 142 g/mol. The van der Waals surface area contributed by atoms with Crippen molar-refractivity contribution < 1.29 is 9.84 Å². The molecule has 0 unspecified atom stereocenters. The maximum absolute atomic E-state index is 9.79. The van der Waals surface area contributed by atoms with Crippen molar-refractivity contribution in [3.8, 4) is 0 Å². The van der Waals surface area contributed by atoms with Gasteiger partial charge in [0.1, 0.15) is 0 Å².